The highest BCUT2D eigenvalue weighted by Crippen LogP contribution is 2.38. The van der Waals surface area contributed by atoms with Gasteiger partial charge in [-0.2, -0.15) is 0 Å². The molecule has 0 unspecified atom stereocenters. The molecule has 2 fully saturated rings. The molecule has 0 spiro atoms. The Morgan fingerprint density at radius 3 is 2.04 bits per heavy atom. The lowest BCUT2D eigenvalue weighted by Crippen LogP contribution is -2.25. The molecule has 2 aliphatic rings. The van der Waals surface area contributed by atoms with Gasteiger partial charge in [0.15, 0.2) is 0 Å². The van der Waals surface area contributed by atoms with E-state index in [1.54, 1.807) is 0 Å². The van der Waals surface area contributed by atoms with Gasteiger partial charge in [0.05, 0.1) is 5.92 Å². The van der Waals surface area contributed by atoms with Crippen LogP contribution in [0.2, 0.25) is 0 Å². The lowest BCUT2D eigenvalue weighted by molar-refractivity contribution is -0.140. The number of benzene rings is 1. The Hall–Kier alpha value is -1.31. The lowest BCUT2D eigenvalue weighted by atomic mass is 9.77. The van der Waals surface area contributed by atoms with Crippen LogP contribution in [0, 0.1) is 17.8 Å². The fourth-order valence-corrected chi connectivity index (χ4v) is 5.38. The summed E-state index contributed by atoms with van der Waals surface area (Å²) in [5, 5.41) is 0. The van der Waals surface area contributed by atoms with E-state index in [0.717, 1.165) is 30.4 Å². The summed E-state index contributed by atoms with van der Waals surface area (Å²) in [4.78, 5) is 12.6. The fraction of sp³-hybridized carbons (Fsp3) is 0.731. The van der Waals surface area contributed by atoms with Gasteiger partial charge < -0.3 is 4.74 Å². The summed E-state index contributed by atoms with van der Waals surface area (Å²) in [6.07, 6.45) is 16.4. The van der Waals surface area contributed by atoms with E-state index in [0.29, 0.717) is 5.92 Å². The zero-order chi connectivity index (χ0) is 19.8. The number of hydrogen-bond donors (Lipinski definition) is 0. The number of rotatable bonds is 8. The van der Waals surface area contributed by atoms with Gasteiger partial charge in [-0.1, -0.05) is 58.1 Å². The quantitative estimate of drug-likeness (QED) is 0.339. The zero-order valence-electron chi connectivity index (χ0n) is 18.1. The number of carbonyl (C=O) groups is 1. The van der Waals surface area contributed by atoms with E-state index in [1.807, 2.05) is 12.1 Å². The van der Waals surface area contributed by atoms with Gasteiger partial charge in [0, 0.05) is 0 Å². The molecular weight excluding hydrogens is 344 g/mol. The molecule has 0 aliphatic heterocycles. The maximum atomic E-state index is 12.6. The molecule has 1 aromatic rings. The lowest BCUT2D eigenvalue weighted by Gasteiger charge is -2.29. The second kappa shape index (κ2) is 11.0. The third-order valence-electron chi connectivity index (χ3n) is 7.26. The Kier molecular flexibility index (Phi) is 8.43. The van der Waals surface area contributed by atoms with Crippen molar-refractivity contribution in [2.45, 2.75) is 103 Å². The van der Waals surface area contributed by atoms with Crippen LogP contribution in [0.25, 0.3) is 0 Å². The molecule has 2 nitrogen and oxygen atoms in total. The molecule has 0 heterocycles. The van der Waals surface area contributed by atoms with Gasteiger partial charge in [-0.3, -0.25) is 4.79 Å². The van der Waals surface area contributed by atoms with Gasteiger partial charge in [-0.05, 0) is 86.8 Å². The molecule has 0 N–H and O–H groups in total. The van der Waals surface area contributed by atoms with Crippen LogP contribution in [0.1, 0.15) is 109 Å². The Balaban J connectivity index is 1.44. The number of hydrogen-bond acceptors (Lipinski definition) is 2. The first-order valence-corrected chi connectivity index (χ1v) is 12.0. The molecular formula is C26H40O2. The number of esters is 1. The topological polar surface area (TPSA) is 26.3 Å². The van der Waals surface area contributed by atoms with E-state index in [2.05, 4.69) is 26.0 Å². The summed E-state index contributed by atoms with van der Waals surface area (Å²) in [7, 11) is 0. The van der Waals surface area contributed by atoms with E-state index in [-0.39, 0.29) is 11.9 Å². The maximum absolute atomic E-state index is 12.6. The normalized spacial score (nSPS) is 28.1. The van der Waals surface area contributed by atoms with E-state index in [9.17, 15) is 4.79 Å². The Morgan fingerprint density at radius 2 is 1.43 bits per heavy atom. The summed E-state index contributed by atoms with van der Waals surface area (Å²) >= 11 is 0. The molecule has 0 aromatic heterocycles. The first-order chi connectivity index (χ1) is 13.7. The van der Waals surface area contributed by atoms with Crippen molar-refractivity contribution in [1.29, 1.82) is 0 Å². The van der Waals surface area contributed by atoms with Crippen LogP contribution in [0.4, 0.5) is 0 Å². The number of carbonyl (C=O) groups excluding carboxylic acids is 1. The van der Waals surface area contributed by atoms with Gasteiger partial charge in [-0.15, -0.1) is 0 Å². The third-order valence-corrected chi connectivity index (χ3v) is 7.26. The fourth-order valence-electron chi connectivity index (χ4n) is 5.38. The molecule has 0 radical (unpaired) electrons. The van der Waals surface area contributed by atoms with Crippen molar-refractivity contribution in [3.8, 4) is 5.75 Å². The maximum Gasteiger partial charge on any atom is 0.314 e. The van der Waals surface area contributed by atoms with Crippen LogP contribution in [0.15, 0.2) is 24.3 Å². The van der Waals surface area contributed by atoms with E-state index < -0.39 is 0 Å². The molecule has 28 heavy (non-hydrogen) atoms. The van der Waals surface area contributed by atoms with Crippen molar-refractivity contribution in [3.05, 3.63) is 29.8 Å². The van der Waals surface area contributed by atoms with Crippen molar-refractivity contribution in [2.75, 3.05) is 0 Å². The Labute approximate surface area is 172 Å². The smallest absolute Gasteiger partial charge is 0.314 e. The zero-order valence-corrected chi connectivity index (χ0v) is 18.1. The average molecular weight is 385 g/mol. The second-order valence-corrected chi connectivity index (χ2v) is 9.36. The van der Waals surface area contributed by atoms with Crippen LogP contribution >= 0.6 is 0 Å². The van der Waals surface area contributed by atoms with Crippen LogP contribution in [0.5, 0.6) is 5.75 Å². The molecule has 2 heteroatoms. The van der Waals surface area contributed by atoms with Gasteiger partial charge in [-0.25, -0.2) is 0 Å². The second-order valence-electron chi connectivity index (χ2n) is 9.36. The summed E-state index contributed by atoms with van der Waals surface area (Å²) in [5.74, 6) is 3.28. The Bertz CT molecular complexity index is 575. The van der Waals surface area contributed by atoms with Gasteiger partial charge in [0.2, 0.25) is 0 Å². The van der Waals surface area contributed by atoms with Crippen molar-refractivity contribution in [1.82, 2.24) is 0 Å². The average Bonchev–Trinajstić information content (AvgIpc) is 2.74. The molecule has 156 valence electrons. The van der Waals surface area contributed by atoms with Crippen molar-refractivity contribution in [2.24, 2.45) is 17.8 Å². The summed E-state index contributed by atoms with van der Waals surface area (Å²) in [5.41, 5.74) is 1.42. The van der Waals surface area contributed by atoms with E-state index >= 15 is 0 Å². The largest absolute Gasteiger partial charge is 0.426 e. The van der Waals surface area contributed by atoms with E-state index in [1.165, 1.54) is 76.2 Å². The molecule has 0 bridgehead atoms. The molecule has 0 amide bonds. The summed E-state index contributed by atoms with van der Waals surface area (Å²) < 4.78 is 5.72. The molecule has 2 saturated carbocycles. The molecule has 3 rings (SSSR count). The molecule has 0 saturated heterocycles. The number of unbranched alkanes of at least 4 members (excludes halogenated alkanes) is 1. The summed E-state index contributed by atoms with van der Waals surface area (Å²) in [6, 6.07) is 8.40. The summed E-state index contributed by atoms with van der Waals surface area (Å²) in [6.45, 7) is 4.55. The minimum absolute atomic E-state index is 0.0123. The number of ether oxygens (including phenoxy) is 1. The Morgan fingerprint density at radius 1 is 0.821 bits per heavy atom. The SMILES string of the molecule is CCCC[C@H]1CC[C@H](C(=O)Oc2ccc([C@H]3CC[C@H](CCC)CC3)cc2)CC1. The highest BCUT2D eigenvalue weighted by atomic mass is 16.5. The first-order valence-electron chi connectivity index (χ1n) is 12.0. The predicted octanol–water partition coefficient (Wildman–Crippen LogP) is 7.66. The van der Waals surface area contributed by atoms with Gasteiger partial charge >= 0.3 is 5.97 Å². The minimum atomic E-state index is -0.0123. The molecule has 2 aliphatic carbocycles. The highest BCUT2D eigenvalue weighted by molar-refractivity contribution is 5.75. The molecule has 1 aromatic carbocycles. The van der Waals surface area contributed by atoms with Crippen LogP contribution in [-0.2, 0) is 4.79 Å². The van der Waals surface area contributed by atoms with Crippen molar-refractivity contribution >= 4 is 5.97 Å². The van der Waals surface area contributed by atoms with Crippen molar-refractivity contribution in [3.63, 3.8) is 0 Å². The van der Waals surface area contributed by atoms with Crippen molar-refractivity contribution < 1.29 is 9.53 Å². The van der Waals surface area contributed by atoms with E-state index in [4.69, 9.17) is 4.74 Å². The monoisotopic (exact) mass is 384 g/mol. The first kappa shape index (κ1) is 21.4. The van der Waals surface area contributed by atoms with Gasteiger partial charge in [0.25, 0.3) is 0 Å². The highest BCUT2D eigenvalue weighted by Gasteiger charge is 2.27. The van der Waals surface area contributed by atoms with Gasteiger partial charge in [0.1, 0.15) is 5.75 Å². The molecule has 0 atom stereocenters. The predicted molar refractivity (Wildman–Crippen MR) is 117 cm³/mol. The van der Waals surface area contributed by atoms with Crippen LogP contribution < -0.4 is 4.74 Å². The van der Waals surface area contributed by atoms with Crippen LogP contribution in [-0.4, -0.2) is 5.97 Å². The van der Waals surface area contributed by atoms with Crippen LogP contribution in [0.3, 0.4) is 0 Å². The third kappa shape index (κ3) is 6.09. The minimum Gasteiger partial charge on any atom is -0.426 e. The standard InChI is InChI=1S/C26H40O2/c1-3-5-7-21-10-14-24(15-11-21)26(27)28-25-18-16-23(17-19-25)22-12-8-20(6-4-2)9-13-22/h16-22,24H,3-15H2,1-2H3/t20-,21-,22-,24-.